The molecular weight excluding hydrogens is 412 g/mol. The van der Waals surface area contributed by atoms with Gasteiger partial charge >= 0.3 is 0 Å². The molecule has 0 amide bonds. The third-order valence-electron chi connectivity index (χ3n) is 5.65. The molecule has 2 aromatic rings. The third kappa shape index (κ3) is 12.6. The molecule has 1 aromatic carbocycles. The van der Waals surface area contributed by atoms with Gasteiger partial charge in [-0.2, -0.15) is 0 Å². The van der Waals surface area contributed by atoms with Crippen molar-refractivity contribution in [1.29, 1.82) is 0 Å². The van der Waals surface area contributed by atoms with Gasteiger partial charge in [-0.25, -0.2) is 9.97 Å². The average molecular weight is 457 g/mol. The van der Waals surface area contributed by atoms with Gasteiger partial charge in [0.2, 0.25) is 0 Å². The molecule has 0 aliphatic carbocycles. The van der Waals surface area contributed by atoms with Crippen LogP contribution in [0.2, 0.25) is 0 Å². The van der Waals surface area contributed by atoms with Crippen molar-refractivity contribution in [1.82, 2.24) is 9.97 Å². The first-order valence-corrected chi connectivity index (χ1v) is 13.1. The number of nitrogens with zero attached hydrogens (tertiary/aromatic N) is 2. The van der Waals surface area contributed by atoms with E-state index in [-0.39, 0.29) is 0 Å². The lowest BCUT2D eigenvalue weighted by molar-refractivity contribution is 0.0969. The van der Waals surface area contributed by atoms with Crippen molar-refractivity contribution in [3.8, 4) is 22.9 Å². The fraction of sp³-hybridized carbons (Fsp3) is 0.643. The van der Waals surface area contributed by atoms with Crippen molar-refractivity contribution in [2.24, 2.45) is 0 Å². The summed E-state index contributed by atoms with van der Waals surface area (Å²) < 4.78 is 17.1. The number of benzene rings is 1. The van der Waals surface area contributed by atoms with Crippen LogP contribution in [-0.4, -0.2) is 36.4 Å². The van der Waals surface area contributed by atoms with Crippen LogP contribution in [0.3, 0.4) is 0 Å². The second kappa shape index (κ2) is 18.3. The predicted molar refractivity (Wildman–Crippen MR) is 136 cm³/mol. The summed E-state index contributed by atoms with van der Waals surface area (Å²) in [5.74, 6) is 2.25. The van der Waals surface area contributed by atoms with E-state index in [0.717, 1.165) is 37.4 Å². The van der Waals surface area contributed by atoms with Crippen LogP contribution < -0.4 is 9.47 Å². The molecule has 0 fully saturated rings. The van der Waals surface area contributed by atoms with E-state index in [1.165, 1.54) is 64.2 Å². The van der Waals surface area contributed by atoms with E-state index in [0.29, 0.717) is 24.8 Å². The van der Waals surface area contributed by atoms with Crippen molar-refractivity contribution in [2.75, 3.05) is 26.4 Å². The Bertz CT molecular complexity index is 704. The average Bonchev–Trinajstić information content (AvgIpc) is 2.85. The summed E-state index contributed by atoms with van der Waals surface area (Å²) in [6.07, 6.45) is 18.8. The lowest BCUT2D eigenvalue weighted by atomic mass is 10.1. The summed E-state index contributed by atoms with van der Waals surface area (Å²) in [4.78, 5) is 8.86. The van der Waals surface area contributed by atoms with Crippen LogP contribution in [0.25, 0.3) is 11.4 Å². The molecule has 0 unspecified atom stereocenters. The van der Waals surface area contributed by atoms with E-state index in [1.54, 1.807) is 12.4 Å². The summed E-state index contributed by atoms with van der Waals surface area (Å²) in [5, 5.41) is 0. The summed E-state index contributed by atoms with van der Waals surface area (Å²) in [6.45, 7) is 7.16. The van der Waals surface area contributed by atoms with Crippen LogP contribution in [0.15, 0.2) is 36.7 Å². The molecule has 0 radical (unpaired) electrons. The van der Waals surface area contributed by atoms with Crippen molar-refractivity contribution >= 4 is 0 Å². The number of rotatable bonds is 20. The highest BCUT2D eigenvalue weighted by Gasteiger charge is 2.03. The van der Waals surface area contributed by atoms with E-state index >= 15 is 0 Å². The molecule has 1 aromatic heterocycles. The van der Waals surface area contributed by atoms with E-state index in [2.05, 4.69) is 23.8 Å². The van der Waals surface area contributed by atoms with Crippen molar-refractivity contribution in [3.05, 3.63) is 36.7 Å². The zero-order chi connectivity index (χ0) is 23.4. The molecule has 1 heterocycles. The topological polar surface area (TPSA) is 53.5 Å². The van der Waals surface area contributed by atoms with Gasteiger partial charge in [0.05, 0.1) is 25.6 Å². The highest BCUT2D eigenvalue weighted by molar-refractivity contribution is 5.56. The smallest absolute Gasteiger partial charge is 0.159 e. The fourth-order valence-electron chi connectivity index (χ4n) is 3.62. The molecule has 0 atom stereocenters. The molecule has 0 N–H and O–H groups in total. The first kappa shape index (κ1) is 27.1. The van der Waals surface area contributed by atoms with Gasteiger partial charge < -0.3 is 14.2 Å². The van der Waals surface area contributed by atoms with Crippen LogP contribution in [0.4, 0.5) is 0 Å². The van der Waals surface area contributed by atoms with Gasteiger partial charge in [0, 0.05) is 12.2 Å². The van der Waals surface area contributed by atoms with Gasteiger partial charge in [-0.1, -0.05) is 78.1 Å². The van der Waals surface area contributed by atoms with Crippen molar-refractivity contribution < 1.29 is 14.2 Å². The minimum atomic E-state index is 0.515. The molecule has 5 heteroatoms. The molecule has 0 spiro atoms. The predicted octanol–water partition coefficient (Wildman–Crippen LogP) is 7.64. The summed E-state index contributed by atoms with van der Waals surface area (Å²) in [5.41, 5.74) is 0.969. The van der Waals surface area contributed by atoms with Gasteiger partial charge in [-0.3, -0.25) is 0 Å². The standard InChI is InChI=1S/C28H44N2O3/c1-3-5-7-9-10-11-12-14-20-32-26-17-15-25(16-18-26)28-29-23-27(24-30-28)33-22-21-31-19-13-8-6-4-2/h15-18,23-24H,3-14,19-22H2,1-2H3. The van der Waals surface area contributed by atoms with Gasteiger partial charge in [0.1, 0.15) is 12.4 Å². The Morgan fingerprint density at radius 3 is 1.76 bits per heavy atom. The minimum absolute atomic E-state index is 0.515. The van der Waals surface area contributed by atoms with E-state index in [4.69, 9.17) is 14.2 Å². The summed E-state index contributed by atoms with van der Waals surface area (Å²) in [7, 11) is 0. The Morgan fingerprint density at radius 1 is 0.545 bits per heavy atom. The van der Waals surface area contributed by atoms with E-state index < -0.39 is 0 Å². The van der Waals surface area contributed by atoms with Crippen LogP contribution in [-0.2, 0) is 4.74 Å². The van der Waals surface area contributed by atoms with Gasteiger partial charge in [-0.05, 0) is 37.1 Å². The third-order valence-corrected chi connectivity index (χ3v) is 5.65. The molecule has 0 aliphatic heterocycles. The highest BCUT2D eigenvalue weighted by atomic mass is 16.5. The highest BCUT2D eigenvalue weighted by Crippen LogP contribution is 2.20. The first-order valence-electron chi connectivity index (χ1n) is 13.1. The maximum atomic E-state index is 5.88. The molecule has 184 valence electrons. The van der Waals surface area contributed by atoms with E-state index in [1.807, 2.05) is 24.3 Å². The summed E-state index contributed by atoms with van der Waals surface area (Å²) in [6, 6.07) is 7.99. The molecule has 0 saturated carbocycles. The SMILES string of the molecule is CCCCCCCCCCOc1ccc(-c2ncc(OCCOCCCCCC)cn2)cc1. The molecule has 2 rings (SSSR count). The number of aromatic nitrogens is 2. The van der Waals surface area contributed by atoms with Gasteiger partial charge in [-0.15, -0.1) is 0 Å². The largest absolute Gasteiger partial charge is 0.494 e. The number of ether oxygens (including phenoxy) is 3. The van der Waals surface area contributed by atoms with Crippen LogP contribution in [0.1, 0.15) is 90.9 Å². The Hall–Kier alpha value is -2.14. The lowest BCUT2D eigenvalue weighted by Gasteiger charge is -2.08. The Labute approximate surface area is 201 Å². The normalized spacial score (nSPS) is 11.0. The Balaban J connectivity index is 1.59. The van der Waals surface area contributed by atoms with Crippen molar-refractivity contribution in [2.45, 2.75) is 90.9 Å². The summed E-state index contributed by atoms with van der Waals surface area (Å²) >= 11 is 0. The molecule has 0 aliphatic rings. The molecule has 5 nitrogen and oxygen atoms in total. The Morgan fingerprint density at radius 2 is 1.09 bits per heavy atom. The number of hydrogen-bond acceptors (Lipinski definition) is 5. The first-order chi connectivity index (χ1) is 16.3. The molecular formula is C28H44N2O3. The maximum absolute atomic E-state index is 5.88. The minimum Gasteiger partial charge on any atom is -0.494 e. The number of hydrogen-bond donors (Lipinski definition) is 0. The van der Waals surface area contributed by atoms with Gasteiger partial charge in [0.15, 0.2) is 11.6 Å². The zero-order valence-corrected chi connectivity index (χ0v) is 20.9. The second-order valence-corrected chi connectivity index (χ2v) is 8.61. The maximum Gasteiger partial charge on any atom is 0.159 e. The molecule has 0 saturated heterocycles. The molecule has 0 bridgehead atoms. The second-order valence-electron chi connectivity index (χ2n) is 8.61. The monoisotopic (exact) mass is 456 g/mol. The van der Waals surface area contributed by atoms with Crippen LogP contribution >= 0.6 is 0 Å². The van der Waals surface area contributed by atoms with Crippen LogP contribution in [0, 0.1) is 0 Å². The lowest BCUT2D eigenvalue weighted by Crippen LogP contribution is -2.08. The van der Waals surface area contributed by atoms with E-state index in [9.17, 15) is 0 Å². The van der Waals surface area contributed by atoms with Crippen molar-refractivity contribution in [3.63, 3.8) is 0 Å². The number of unbranched alkanes of at least 4 members (excludes halogenated alkanes) is 10. The quantitative estimate of drug-likeness (QED) is 0.192. The zero-order valence-electron chi connectivity index (χ0n) is 20.9. The molecule has 33 heavy (non-hydrogen) atoms. The Kier molecular flexibility index (Phi) is 15.0. The van der Waals surface area contributed by atoms with Crippen LogP contribution in [0.5, 0.6) is 11.5 Å². The fourth-order valence-corrected chi connectivity index (χ4v) is 3.62. The van der Waals surface area contributed by atoms with Gasteiger partial charge in [0.25, 0.3) is 0 Å².